The molecule has 0 unspecified atom stereocenters. The Kier molecular flexibility index (Phi) is 4.95. The minimum absolute atomic E-state index is 0.158. The molecule has 3 N–H and O–H groups in total. The molecule has 5 nitrogen and oxygen atoms in total. The number of nitrogen functional groups attached to an aromatic ring is 1. The highest BCUT2D eigenvalue weighted by Gasteiger charge is 2.18. The summed E-state index contributed by atoms with van der Waals surface area (Å²) >= 11 is 0. The molecule has 0 aliphatic carbocycles. The number of benzene rings is 2. The van der Waals surface area contributed by atoms with E-state index < -0.39 is 5.82 Å². The van der Waals surface area contributed by atoms with E-state index in [0.717, 1.165) is 22.0 Å². The Morgan fingerprint density at radius 1 is 1.10 bits per heavy atom. The van der Waals surface area contributed by atoms with Gasteiger partial charge in [-0.15, -0.1) is 0 Å². The highest BCUT2D eigenvalue weighted by molar-refractivity contribution is 6.08. The van der Waals surface area contributed by atoms with Crippen LogP contribution in [0.1, 0.15) is 28.9 Å². The second-order valence-electron chi connectivity index (χ2n) is 7.22. The summed E-state index contributed by atoms with van der Waals surface area (Å²) in [4.78, 5) is 16.9. The molecule has 0 saturated carbocycles. The molecule has 0 fully saturated rings. The number of hydrogen-bond donors (Lipinski definition) is 2. The van der Waals surface area contributed by atoms with E-state index in [-0.39, 0.29) is 23.6 Å². The molecule has 2 aromatic heterocycles. The molecule has 1 amide bonds. The highest BCUT2D eigenvalue weighted by Crippen LogP contribution is 2.29. The Balaban J connectivity index is 1.68. The lowest BCUT2D eigenvalue weighted by atomic mass is 10.0. The van der Waals surface area contributed by atoms with Crippen molar-refractivity contribution in [1.82, 2.24) is 14.9 Å². The third-order valence-electron chi connectivity index (χ3n) is 5.15. The Hall–Kier alpha value is -3.74. The standard InChI is InChI=1S/C23H20F2N4O/c1-13(14-3-6-17(24)7-4-14)28-23(30)19-12-29(2)21-8-5-15(9-18(19)21)16-10-20(25)22(26)27-11-16/h3-13H,1-2H3,(H2,26,27)(H,28,30)/t13-/m0/s1. The van der Waals surface area contributed by atoms with Gasteiger partial charge in [0, 0.05) is 35.9 Å². The van der Waals surface area contributed by atoms with Crippen molar-refractivity contribution in [3.05, 3.63) is 83.7 Å². The lowest BCUT2D eigenvalue weighted by molar-refractivity contribution is 0.0941. The topological polar surface area (TPSA) is 72.9 Å². The van der Waals surface area contributed by atoms with E-state index in [1.807, 2.05) is 36.7 Å². The van der Waals surface area contributed by atoms with Gasteiger partial charge in [0.15, 0.2) is 11.6 Å². The van der Waals surface area contributed by atoms with Gasteiger partial charge in [0.2, 0.25) is 0 Å². The maximum atomic E-state index is 13.8. The molecule has 30 heavy (non-hydrogen) atoms. The number of nitrogens with one attached hydrogen (secondary N) is 1. The molecule has 0 saturated heterocycles. The molecule has 0 bridgehead atoms. The molecule has 4 rings (SSSR count). The first-order chi connectivity index (χ1) is 14.3. The van der Waals surface area contributed by atoms with Gasteiger partial charge in [0.1, 0.15) is 5.82 Å². The van der Waals surface area contributed by atoms with E-state index in [1.165, 1.54) is 24.4 Å². The van der Waals surface area contributed by atoms with Gasteiger partial charge in [-0.3, -0.25) is 4.79 Å². The second kappa shape index (κ2) is 7.59. The van der Waals surface area contributed by atoms with E-state index in [4.69, 9.17) is 5.73 Å². The zero-order valence-electron chi connectivity index (χ0n) is 16.5. The molecule has 0 spiro atoms. The predicted molar refractivity (Wildman–Crippen MR) is 113 cm³/mol. The molecule has 0 aliphatic heterocycles. The highest BCUT2D eigenvalue weighted by atomic mass is 19.1. The number of anilines is 1. The van der Waals surface area contributed by atoms with Crippen molar-refractivity contribution in [2.75, 3.05) is 5.73 Å². The van der Waals surface area contributed by atoms with Gasteiger partial charge >= 0.3 is 0 Å². The minimum Gasteiger partial charge on any atom is -0.381 e. The van der Waals surface area contributed by atoms with E-state index in [1.54, 1.807) is 18.3 Å². The summed E-state index contributed by atoms with van der Waals surface area (Å²) in [5, 5.41) is 3.68. The van der Waals surface area contributed by atoms with E-state index in [2.05, 4.69) is 10.3 Å². The monoisotopic (exact) mass is 406 g/mol. The van der Waals surface area contributed by atoms with Crippen molar-refractivity contribution in [1.29, 1.82) is 0 Å². The van der Waals surface area contributed by atoms with Crippen molar-refractivity contribution < 1.29 is 13.6 Å². The number of pyridine rings is 1. The number of aromatic nitrogens is 2. The fraction of sp³-hybridized carbons (Fsp3) is 0.130. The van der Waals surface area contributed by atoms with Crippen LogP contribution >= 0.6 is 0 Å². The number of halogens is 2. The van der Waals surface area contributed by atoms with Crippen LogP contribution in [0.3, 0.4) is 0 Å². The van der Waals surface area contributed by atoms with Crippen LogP contribution in [-0.4, -0.2) is 15.5 Å². The van der Waals surface area contributed by atoms with Gasteiger partial charge in [-0.2, -0.15) is 0 Å². The SMILES string of the molecule is C[C@H](NC(=O)c1cn(C)c2ccc(-c3cnc(N)c(F)c3)cc12)c1ccc(F)cc1. The summed E-state index contributed by atoms with van der Waals surface area (Å²) in [7, 11) is 1.85. The number of nitrogens with zero attached hydrogens (tertiary/aromatic N) is 2. The van der Waals surface area contributed by atoms with E-state index >= 15 is 0 Å². The third kappa shape index (κ3) is 3.61. The van der Waals surface area contributed by atoms with Crippen molar-refractivity contribution in [2.24, 2.45) is 7.05 Å². The van der Waals surface area contributed by atoms with Crippen LogP contribution < -0.4 is 11.1 Å². The summed E-state index contributed by atoms with van der Waals surface area (Å²) in [5.41, 5.74) is 8.91. The fourth-order valence-corrected chi connectivity index (χ4v) is 3.47. The van der Waals surface area contributed by atoms with Crippen molar-refractivity contribution >= 4 is 22.6 Å². The van der Waals surface area contributed by atoms with Crippen LogP contribution in [0.5, 0.6) is 0 Å². The summed E-state index contributed by atoms with van der Waals surface area (Å²) in [5.74, 6) is -1.33. The lowest BCUT2D eigenvalue weighted by Gasteiger charge is -2.14. The molecular formula is C23H20F2N4O. The van der Waals surface area contributed by atoms with Crippen LogP contribution in [0.15, 0.2) is 60.9 Å². The summed E-state index contributed by atoms with van der Waals surface area (Å²) < 4.78 is 28.9. The Morgan fingerprint density at radius 2 is 1.83 bits per heavy atom. The fourth-order valence-electron chi connectivity index (χ4n) is 3.47. The average Bonchev–Trinajstić information content (AvgIpc) is 3.06. The summed E-state index contributed by atoms with van der Waals surface area (Å²) in [6.45, 7) is 1.84. The van der Waals surface area contributed by atoms with Crippen molar-refractivity contribution in [3.8, 4) is 11.1 Å². The van der Waals surface area contributed by atoms with Crippen LogP contribution in [0, 0.1) is 11.6 Å². The zero-order valence-corrected chi connectivity index (χ0v) is 16.5. The van der Waals surface area contributed by atoms with Crippen LogP contribution in [0.2, 0.25) is 0 Å². The first kappa shape index (κ1) is 19.6. The van der Waals surface area contributed by atoms with Crippen LogP contribution in [-0.2, 0) is 7.05 Å². The second-order valence-corrected chi connectivity index (χ2v) is 7.22. The molecule has 0 radical (unpaired) electrons. The number of carbonyl (C=O) groups is 1. The molecule has 1 atom stereocenters. The molecule has 2 aromatic carbocycles. The Bertz CT molecular complexity index is 1250. The largest absolute Gasteiger partial charge is 0.381 e. The minimum atomic E-state index is -0.591. The number of nitrogens with two attached hydrogens (primary N) is 1. The molecule has 4 aromatic rings. The maximum absolute atomic E-state index is 13.8. The zero-order chi connectivity index (χ0) is 21.4. The molecule has 7 heteroatoms. The van der Waals surface area contributed by atoms with Gasteiger partial charge < -0.3 is 15.6 Å². The first-order valence-corrected chi connectivity index (χ1v) is 9.40. The van der Waals surface area contributed by atoms with Crippen molar-refractivity contribution in [2.45, 2.75) is 13.0 Å². The first-order valence-electron chi connectivity index (χ1n) is 9.40. The average molecular weight is 406 g/mol. The third-order valence-corrected chi connectivity index (χ3v) is 5.15. The Morgan fingerprint density at radius 3 is 2.53 bits per heavy atom. The quantitative estimate of drug-likeness (QED) is 0.521. The molecule has 152 valence electrons. The number of aryl methyl sites for hydroxylation is 1. The van der Waals surface area contributed by atoms with Crippen LogP contribution in [0.4, 0.5) is 14.6 Å². The van der Waals surface area contributed by atoms with Gasteiger partial charge in [-0.1, -0.05) is 18.2 Å². The van der Waals surface area contributed by atoms with Gasteiger partial charge in [-0.05, 0) is 48.4 Å². The normalized spacial score (nSPS) is 12.1. The predicted octanol–water partition coefficient (Wildman–Crippen LogP) is 4.59. The van der Waals surface area contributed by atoms with Crippen LogP contribution in [0.25, 0.3) is 22.0 Å². The smallest absolute Gasteiger partial charge is 0.253 e. The molecule has 0 aliphatic rings. The lowest BCUT2D eigenvalue weighted by Crippen LogP contribution is -2.26. The number of fused-ring (bicyclic) bond motifs is 1. The number of rotatable bonds is 4. The number of hydrogen-bond acceptors (Lipinski definition) is 3. The summed E-state index contributed by atoms with van der Waals surface area (Å²) in [6, 6.07) is 12.6. The van der Waals surface area contributed by atoms with E-state index in [9.17, 15) is 13.6 Å². The van der Waals surface area contributed by atoms with Gasteiger partial charge in [0.25, 0.3) is 5.91 Å². The molecular weight excluding hydrogens is 386 g/mol. The molecule has 2 heterocycles. The van der Waals surface area contributed by atoms with Gasteiger partial charge in [-0.25, -0.2) is 13.8 Å². The Labute approximate surface area is 172 Å². The summed E-state index contributed by atoms with van der Waals surface area (Å²) in [6.07, 6.45) is 3.25. The van der Waals surface area contributed by atoms with E-state index in [0.29, 0.717) is 11.1 Å². The maximum Gasteiger partial charge on any atom is 0.253 e. The number of amides is 1. The van der Waals surface area contributed by atoms with Gasteiger partial charge in [0.05, 0.1) is 11.6 Å². The van der Waals surface area contributed by atoms with Crippen molar-refractivity contribution in [3.63, 3.8) is 0 Å². The number of carbonyl (C=O) groups excluding carboxylic acids is 1.